The van der Waals surface area contributed by atoms with E-state index in [4.69, 9.17) is 36.7 Å². The highest BCUT2D eigenvalue weighted by Gasteiger charge is 2.07. The van der Waals surface area contributed by atoms with Crippen molar-refractivity contribution in [2.75, 3.05) is 14.2 Å². The number of carbonyl (C=O) groups is 5. The molecule has 0 aliphatic carbocycles. The summed E-state index contributed by atoms with van der Waals surface area (Å²) in [6, 6.07) is 33.0. The Bertz CT molecular complexity index is 3100. The largest absolute Gasteiger partial charge is 0.508 e. The number of rotatable bonds is 11. The lowest BCUT2D eigenvalue weighted by Gasteiger charge is -2.04. The standard InChI is InChI=1S/C13H11FN4O2.C13H10FNO3.C12H8FNO2.C7H6ClNO2.C6H5FO.CH5N3O/c14-10-2-4-11(5-3-10)20-12-6-1-9(7-16-12)8-17-18-13(15)19;1-17-13(16)9-2-7-12(15-8-9)18-11-5-3-10(14)4-6-11;13-10-2-4-11(5-3-10)16-12-6-1-9(8-15)7-14-12;1-11-7(10)5-2-3-6(8)9-4-5;7-5-1-3-6(8)4-2-5;2-1(5)4-3/h1-8H,(H3,15,18,19);2-8H,1H3;1-8H;2-4H,1H3;1-4,8H;3H2,(H3,2,4,5)/b17-8+;;;;;. The Hall–Kier alpha value is -10.5. The maximum absolute atomic E-state index is 12.7. The van der Waals surface area contributed by atoms with Crippen LogP contribution >= 0.6 is 11.6 Å². The van der Waals surface area contributed by atoms with Gasteiger partial charge in [-0.25, -0.2) is 67.9 Å². The molecule has 78 heavy (non-hydrogen) atoms. The Kier molecular flexibility index (Phi) is 27.0. The number of ether oxygens (including phenoxy) is 5. The molecule has 0 atom stereocenters. The van der Waals surface area contributed by atoms with E-state index in [9.17, 15) is 41.5 Å². The van der Waals surface area contributed by atoms with Crippen molar-refractivity contribution in [1.82, 2.24) is 30.8 Å². The number of nitrogens with one attached hydrogen (secondary N) is 2. The number of benzene rings is 4. The third kappa shape index (κ3) is 25.4. The van der Waals surface area contributed by atoms with Crippen molar-refractivity contribution in [3.63, 3.8) is 0 Å². The number of urea groups is 2. The van der Waals surface area contributed by atoms with Gasteiger partial charge >= 0.3 is 24.0 Å². The van der Waals surface area contributed by atoms with E-state index in [0.29, 0.717) is 68.6 Å². The van der Waals surface area contributed by atoms with E-state index in [2.05, 4.69) is 51.5 Å². The van der Waals surface area contributed by atoms with Gasteiger partial charge in [0.15, 0.2) is 6.29 Å². The van der Waals surface area contributed by atoms with Gasteiger partial charge in [0.1, 0.15) is 51.4 Å². The number of nitrogens with zero attached hydrogens (tertiary/aromatic N) is 5. The zero-order valence-electron chi connectivity index (χ0n) is 40.7. The molecule has 21 nitrogen and oxygen atoms in total. The molecule has 9 N–H and O–H groups in total. The highest BCUT2D eigenvalue weighted by molar-refractivity contribution is 6.29. The lowest BCUT2D eigenvalue weighted by Crippen LogP contribution is -2.34. The van der Waals surface area contributed by atoms with Gasteiger partial charge < -0.3 is 40.3 Å². The van der Waals surface area contributed by atoms with Crippen molar-refractivity contribution in [2.24, 2.45) is 22.4 Å². The molecule has 0 spiro atoms. The van der Waals surface area contributed by atoms with Crippen LogP contribution in [0.5, 0.6) is 40.6 Å². The van der Waals surface area contributed by atoms with Gasteiger partial charge in [0.2, 0.25) is 17.6 Å². The minimum absolute atomic E-state index is 0.0893. The van der Waals surface area contributed by atoms with Crippen molar-refractivity contribution in [2.45, 2.75) is 0 Å². The van der Waals surface area contributed by atoms with E-state index in [1.54, 1.807) is 35.8 Å². The summed E-state index contributed by atoms with van der Waals surface area (Å²) < 4.78 is 75.1. The number of halogens is 5. The van der Waals surface area contributed by atoms with E-state index >= 15 is 0 Å². The molecule has 0 fully saturated rings. The van der Waals surface area contributed by atoms with Crippen LogP contribution in [0.15, 0.2) is 175 Å². The number of hydrazine groups is 1. The zero-order valence-corrected chi connectivity index (χ0v) is 41.5. The highest BCUT2D eigenvalue weighted by atomic mass is 35.5. The SMILES string of the molecule is COC(=O)c1ccc(Cl)nc1.COC(=O)c1ccc(Oc2ccc(F)cc2)nc1.NC(=O)N/N=C/c1ccc(Oc2ccc(F)cc2)nc1.NNC(N)=O.O=Cc1ccc(Oc2ccc(F)cc2)nc1.Oc1ccc(F)cc1. The second-order valence-electron chi connectivity index (χ2n) is 14.1. The second kappa shape index (κ2) is 34.1. The normalized spacial score (nSPS) is 9.64. The minimum atomic E-state index is -0.745. The van der Waals surface area contributed by atoms with E-state index in [1.165, 1.54) is 160 Å². The molecule has 0 aliphatic heterocycles. The van der Waals surface area contributed by atoms with Gasteiger partial charge in [0, 0.05) is 54.1 Å². The van der Waals surface area contributed by atoms with Gasteiger partial charge in [0.05, 0.1) is 31.6 Å². The predicted molar refractivity (Wildman–Crippen MR) is 275 cm³/mol. The third-order valence-electron chi connectivity index (χ3n) is 8.43. The summed E-state index contributed by atoms with van der Waals surface area (Å²) in [5.74, 6) is 4.81. The van der Waals surface area contributed by atoms with E-state index < -0.39 is 24.0 Å². The fraction of sp³-hybridized carbons (Fsp3) is 0.0385. The molecule has 0 bridgehead atoms. The van der Waals surface area contributed by atoms with Gasteiger partial charge in [-0.1, -0.05) is 11.6 Å². The number of aromatic nitrogens is 4. The first-order valence-corrected chi connectivity index (χ1v) is 22.0. The Labute approximate surface area is 446 Å². The number of pyridine rings is 4. The molecule has 4 amide bonds. The lowest BCUT2D eigenvalue weighted by molar-refractivity contribution is 0.0591. The van der Waals surface area contributed by atoms with Crippen LogP contribution in [-0.4, -0.2) is 75.8 Å². The zero-order chi connectivity index (χ0) is 57.2. The van der Waals surface area contributed by atoms with Crippen LogP contribution in [-0.2, 0) is 9.47 Å². The quantitative estimate of drug-likeness (QED) is 0.0103. The van der Waals surface area contributed by atoms with Crippen LogP contribution in [0.4, 0.5) is 27.2 Å². The number of hydrogen-bond donors (Lipinski definition) is 6. The molecular formula is C52H45ClF4N10O11. The van der Waals surface area contributed by atoms with Crippen molar-refractivity contribution in [3.8, 4) is 40.6 Å². The monoisotopic (exact) mass is 1100 g/mol. The molecule has 4 aromatic carbocycles. The van der Waals surface area contributed by atoms with Gasteiger partial charge in [0.25, 0.3) is 0 Å². The number of nitrogens with two attached hydrogens (primary N) is 3. The first kappa shape index (κ1) is 61.8. The molecule has 4 aromatic heterocycles. The summed E-state index contributed by atoms with van der Waals surface area (Å²) >= 11 is 5.50. The molecule has 0 radical (unpaired) electrons. The van der Waals surface area contributed by atoms with Gasteiger partial charge in [-0.2, -0.15) is 5.10 Å². The van der Waals surface area contributed by atoms with Crippen LogP contribution in [0.3, 0.4) is 0 Å². The number of hydrogen-bond acceptors (Lipinski definition) is 17. The number of phenols is 1. The number of aldehydes is 1. The van der Waals surface area contributed by atoms with Crippen LogP contribution in [0.2, 0.25) is 5.15 Å². The van der Waals surface area contributed by atoms with Crippen LogP contribution < -0.4 is 42.4 Å². The topological polar surface area (TPSA) is 318 Å². The first-order chi connectivity index (χ1) is 37.4. The third-order valence-corrected chi connectivity index (χ3v) is 8.65. The highest BCUT2D eigenvalue weighted by Crippen LogP contribution is 2.22. The number of esters is 2. The molecule has 8 rings (SSSR count). The average molecular weight is 1100 g/mol. The molecule has 0 saturated carbocycles. The Balaban J connectivity index is 0.000000257. The van der Waals surface area contributed by atoms with E-state index in [1.807, 2.05) is 0 Å². The van der Waals surface area contributed by atoms with Gasteiger partial charge in [-0.15, -0.1) is 0 Å². The smallest absolute Gasteiger partial charge is 0.339 e. The number of phenolic OH excluding ortho intramolecular Hbond substituents is 1. The van der Waals surface area contributed by atoms with Gasteiger partial charge in [-0.05, 0) is 127 Å². The van der Waals surface area contributed by atoms with Crippen LogP contribution in [0.1, 0.15) is 36.6 Å². The summed E-state index contributed by atoms with van der Waals surface area (Å²) in [6.07, 6.45) is 7.73. The first-order valence-electron chi connectivity index (χ1n) is 21.6. The maximum atomic E-state index is 12.7. The number of methoxy groups -OCH3 is 2. The molecule has 4 heterocycles. The molecule has 8 aromatic rings. The molecule has 0 saturated heterocycles. The Morgan fingerprint density at radius 1 is 0.526 bits per heavy atom. The second-order valence-corrected chi connectivity index (χ2v) is 14.5. The summed E-state index contributed by atoms with van der Waals surface area (Å²) in [6.45, 7) is 0. The lowest BCUT2D eigenvalue weighted by atomic mass is 10.3. The van der Waals surface area contributed by atoms with Crippen molar-refractivity contribution in [3.05, 3.63) is 221 Å². The molecule has 404 valence electrons. The molecule has 0 unspecified atom stereocenters. The fourth-order valence-electron chi connectivity index (χ4n) is 4.83. The van der Waals surface area contributed by atoms with E-state index in [0.717, 1.165) is 0 Å². The van der Waals surface area contributed by atoms with Crippen molar-refractivity contribution in [1.29, 1.82) is 0 Å². The summed E-state index contributed by atoms with van der Waals surface area (Å²) in [5.41, 5.74) is 14.9. The fourth-order valence-corrected chi connectivity index (χ4v) is 4.94. The predicted octanol–water partition coefficient (Wildman–Crippen LogP) is 9.22. The molecule has 26 heteroatoms. The summed E-state index contributed by atoms with van der Waals surface area (Å²) in [5, 5.41) is 12.5. The van der Waals surface area contributed by atoms with Crippen molar-refractivity contribution >= 4 is 48.1 Å². The molecular weight excluding hydrogens is 1050 g/mol. The number of carbonyl (C=O) groups excluding carboxylic acids is 5. The number of hydrazone groups is 1. The molecule has 0 aliphatic rings. The minimum Gasteiger partial charge on any atom is -0.508 e. The summed E-state index contributed by atoms with van der Waals surface area (Å²) in [7, 11) is 2.61. The summed E-state index contributed by atoms with van der Waals surface area (Å²) in [4.78, 5) is 67.8. The Morgan fingerprint density at radius 3 is 1.18 bits per heavy atom. The van der Waals surface area contributed by atoms with E-state index in [-0.39, 0.29) is 29.0 Å². The average Bonchev–Trinajstić information content (AvgIpc) is 3.45. The van der Waals surface area contributed by atoms with Crippen LogP contribution in [0, 0.1) is 23.3 Å². The maximum Gasteiger partial charge on any atom is 0.339 e. The van der Waals surface area contributed by atoms with Gasteiger partial charge in [-0.3, -0.25) is 10.2 Å². The number of aromatic hydroxyl groups is 1. The van der Waals surface area contributed by atoms with Crippen LogP contribution in [0.25, 0.3) is 0 Å². The number of primary amides is 2. The Morgan fingerprint density at radius 2 is 0.885 bits per heavy atom. The number of amides is 4. The van der Waals surface area contributed by atoms with Crippen molar-refractivity contribution < 1.29 is 70.3 Å².